The molecule has 1 nitrogen and oxygen atoms in total. The lowest BCUT2D eigenvalue weighted by atomic mass is 10.1. The second-order valence-corrected chi connectivity index (χ2v) is 5.37. The van der Waals surface area contributed by atoms with Crippen molar-refractivity contribution in [2.75, 3.05) is 6.26 Å². The first-order chi connectivity index (χ1) is 6.94. The minimum absolute atomic E-state index is 0.0119. The summed E-state index contributed by atoms with van der Waals surface area (Å²) in [7, 11) is 0. The molecule has 0 aliphatic carbocycles. The highest BCUT2D eigenvalue weighted by atomic mass is 32.2. The van der Waals surface area contributed by atoms with E-state index in [0.717, 1.165) is 10.5 Å². The molecule has 0 atom stereocenters. The molecule has 0 amide bonds. The summed E-state index contributed by atoms with van der Waals surface area (Å²) in [6, 6.07) is 5.22. The molecule has 1 aromatic rings. The second-order valence-electron chi connectivity index (χ2n) is 4.52. The van der Waals surface area contributed by atoms with Crippen molar-refractivity contribution in [2.45, 2.75) is 37.8 Å². The van der Waals surface area contributed by atoms with Gasteiger partial charge in [0.1, 0.15) is 5.82 Å². The molecule has 0 spiro atoms. The maximum absolute atomic E-state index is 13.6. The van der Waals surface area contributed by atoms with Gasteiger partial charge in [0.2, 0.25) is 0 Å². The Labute approximate surface area is 95.5 Å². The molecule has 0 unspecified atom stereocenters. The van der Waals surface area contributed by atoms with Gasteiger partial charge in [0.25, 0.3) is 0 Å². The monoisotopic (exact) mass is 227 g/mol. The van der Waals surface area contributed by atoms with E-state index in [-0.39, 0.29) is 11.4 Å². The van der Waals surface area contributed by atoms with Gasteiger partial charge in [-0.05, 0) is 39.2 Å². The van der Waals surface area contributed by atoms with Gasteiger partial charge in [-0.15, -0.1) is 11.8 Å². The SMILES string of the molecule is CSc1cccc(F)c1CNC(C)(C)C. The molecule has 84 valence electrons. The standard InChI is InChI=1S/C12H18FNS/c1-12(2,3)14-8-9-10(13)6-5-7-11(9)15-4/h5-7,14H,8H2,1-4H3. The number of hydrogen-bond donors (Lipinski definition) is 1. The molecular formula is C12H18FNS. The Kier molecular flexibility index (Phi) is 4.17. The first-order valence-electron chi connectivity index (χ1n) is 5.00. The number of hydrogen-bond acceptors (Lipinski definition) is 2. The van der Waals surface area contributed by atoms with Crippen molar-refractivity contribution in [2.24, 2.45) is 0 Å². The Morgan fingerprint density at radius 2 is 2.00 bits per heavy atom. The molecule has 0 saturated carbocycles. The summed E-state index contributed by atoms with van der Waals surface area (Å²) < 4.78 is 13.6. The van der Waals surface area contributed by atoms with Gasteiger partial charge in [0, 0.05) is 22.5 Å². The van der Waals surface area contributed by atoms with Crippen molar-refractivity contribution in [3.05, 3.63) is 29.6 Å². The molecule has 1 aromatic carbocycles. The van der Waals surface area contributed by atoms with Gasteiger partial charge in [-0.3, -0.25) is 0 Å². The fourth-order valence-electron chi connectivity index (χ4n) is 1.26. The number of halogens is 1. The topological polar surface area (TPSA) is 12.0 Å². The van der Waals surface area contributed by atoms with Crippen molar-refractivity contribution in [1.29, 1.82) is 0 Å². The van der Waals surface area contributed by atoms with Crippen molar-refractivity contribution in [3.8, 4) is 0 Å². The minimum atomic E-state index is -0.126. The number of benzene rings is 1. The Morgan fingerprint density at radius 3 is 2.53 bits per heavy atom. The van der Waals surface area contributed by atoms with E-state index >= 15 is 0 Å². The Bertz CT molecular complexity index is 331. The third-order valence-electron chi connectivity index (χ3n) is 2.09. The van der Waals surface area contributed by atoms with Gasteiger partial charge in [0.05, 0.1) is 0 Å². The summed E-state index contributed by atoms with van der Waals surface area (Å²) in [5, 5.41) is 3.30. The first-order valence-corrected chi connectivity index (χ1v) is 6.23. The fraction of sp³-hybridized carbons (Fsp3) is 0.500. The van der Waals surface area contributed by atoms with Crippen LogP contribution in [-0.4, -0.2) is 11.8 Å². The molecule has 3 heteroatoms. The quantitative estimate of drug-likeness (QED) is 0.794. The lowest BCUT2D eigenvalue weighted by molar-refractivity contribution is 0.416. The summed E-state index contributed by atoms with van der Waals surface area (Å²) >= 11 is 1.58. The van der Waals surface area contributed by atoms with Crippen LogP contribution in [0, 0.1) is 5.82 Å². The summed E-state index contributed by atoms with van der Waals surface area (Å²) in [6.07, 6.45) is 1.97. The van der Waals surface area contributed by atoms with Crippen LogP contribution in [0.1, 0.15) is 26.3 Å². The Hall–Kier alpha value is -0.540. The van der Waals surface area contributed by atoms with E-state index in [9.17, 15) is 4.39 Å². The highest BCUT2D eigenvalue weighted by Crippen LogP contribution is 2.23. The van der Waals surface area contributed by atoms with Crippen LogP contribution in [0.15, 0.2) is 23.1 Å². The lowest BCUT2D eigenvalue weighted by Gasteiger charge is -2.21. The molecular weight excluding hydrogens is 209 g/mol. The lowest BCUT2D eigenvalue weighted by Crippen LogP contribution is -2.35. The van der Waals surface area contributed by atoms with Crippen LogP contribution in [0.25, 0.3) is 0 Å². The molecule has 0 heterocycles. The zero-order valence-corrected chi connectivity index (χ0v) is 10.5. The normalized spacial score (nSPS) is 11.8. The largest absolute Gasteiger partial charge is 0.308 e. The van der Waals surface area contributed by atoms with Crippen LogP contribution >= 0.6 is 11.8 Å². The zero-order valence-electron chi connectivity index (χ0n) is 9.73. The van der Waals surface area contributed by atoms with Gasteiger partial charge >= 0.3 is 0 Å². The third kappa shape index (κ3) is 3.84. The van der Waals surface area contributed by atoms with Gasteiger partial charge in [-0.25, -0.2) is 4.39 Å². The van der Waals surface area contributed by atoms with E-state index in [1.54, 1.807) is 17.8 Å². The molecule has 0 radical (unpaired) electrons. The summed E-state index contributed by atoms with van der Waals surface area (Å²) in [5.41, 5.74) is 0.776. The summed E-state index contributed by atoms with van der Waals surface area (Å²) in [6.45, 7) is 6.80. The molecule has 1 rings (SSSR count). The maximum atomic E-state index is 13.6. The van der Waals surface area contributed by atoms with Gasteiger partial charge in [-0.2, -0.15) is 0 Å². The highest BCUT2D eigenvalue weighted by Gasteiger charge is 2.12. The van der Waals surface area contributed by atoms with E-state index in [1.165, 1.54) is 6.07 Å². The molecule has 15 heavy (non-hydrogen) atoms. The predicted octanol–water partition coefficient (Wildman–Crippen LogP) is 3.44. The zero-order chi connectivity index (χ0) is 11.5. The molecule has 0 aliphatic rings. The summed E-state index contributed by atoms with van der Waals surface area (Å²) in [5.74, 6) is -0.126. The minimum Gasteiger partial charge on any atom is -0.308 e. The summed E-state index contributed by atoms with van der Waals surface area (Å²) in [4.78, 5) is 1.01. The van der Waals surface area contributed by atoms with E-state index in [1.807, 2.05) is 12.3 Å². The van der Waals surface area contributed by atoms with Crippen LogP contribution in [0.4, 0.5) is 4.39 Å². The Balaban J connectivity index is 2.83. The number of nitrogens with one attached hydrogen (secondary N) is 1. The third-order valence-corrected chi connectivity index (χ3v) is 2.91. The Morgan fingerprint density at radius 1 is 1.33 bits per heavy atom. The van der Waals surface area contributed by atoms with E-state index in [0.29, 0.717) is 6.54 Å². The van der Waals surface area contributed by atoms with Gasteiger partial charge in [0.15, 0.2) is 0 Å². The van der Waals surface area contributed by atoms with Crippen LogP contribution < -0.4 is 5.32 Å². The molecule has 1 N–H and O–H groups in total. The molecule has 0 aliphatic heterocycles. The van der Waals surface area contributed by atoms with E-state index < -0.39 is 0 Å². The van der Waals surface area contributed by atoms with E-state index in [2.05, 4.69) is 26.1 Å². The smallest absolute Gasteiger partial charge is 0.128 e. The van der Waals surface area contributed by atoms with Crippen molar-refractivity contribution >= 4 is 11.8 Å². The van der Waals surface area contributed by atoms with Crippen LogP contribution in [0.3, 0.4) is 0 Å². The molecule has 0 bridgehead atoms. The fourth-order valence-corrected chi connectivity index (χ4v) is 1.89. The van der Waals surface area contributed by atoms with Crippen LogP contribution in [-0.2, 0) is 6.54 Å². The highest BCUT2D eigenvalue weighted by molar-refractivity contribution is 7.98. The van der Waals surface area contributed by atoms with Crippen molar-refractivity contribution < 1.29 is 4.39 Å². The second kappa shape index (κ2) is 4.99. The van der Waals surface area contributed by atoms with Gasteiger partial charge < -0.3 is 5.32 Å². The van der Waals surface area contributed by atoms with Crippen LogP contribution in [0.2, 0.25) is 0 Å². The average molecular weight is 227 g/mol. The number of rotatable bonds is 3. The van der Waals surface area contributed by atoms with Crippen molar-refractivity contribution in [1.82, 2.24) is 5.32 Å². The van der Waals surface area contributed by atoms with Crippen molar-refractivity contribution in [3.63, 3.8) is 0 Å². The average Bonchev–Trinajstić information content (AvgIpc) is 2.14. The van der Waals surface area contributed by atoms with Gasteiger partial charge in [-0.1, -0.05) is 6.07 Å². The number of thioether (sulfide) groups is 1. The molecule has 0 aromatic heterocycles. The first kappa shape index (κ1) is 12.5. The van der Waals surface area contributed by atoms with Crippen LogP contribution in [0.5, 0.6) is 0 Å². The molecule has 0 fully saturated rings. The predicted molar refractivity (Wildman–Crippen MR) is 64.8 cm³/mol. The maximum Gasteiger partial charge on any atom is 0.128 e. The molecule has 0 saturated heterocycles. The van der Waals surface area contributed by atoms with E-state index in [4.69, 9.17) is 0 Å².